The first kappa shape index (κ1) is 32.2. The van der Waals surface area contributed by atoms with E-state index in [1.54, 1.807) is 12.1 Å². The van der Waals surface area contributed by atoms with Crippen LogP contribution in [0.4, 0.5) is 13.2 Å². The van der Waals surface area contributed by atoms with Gasteiger partial charge in [-0.05, 0) is 47.7 Å². The second-order valence-electron chi connectivity index (χ2n) is 10.6. The molecule has 41 heavy (non-hydrogen) atoms. The van der Waals surface area contributed by atoms with Gasteiger partial charge in [-0.3, -0.25) is 4.79 Å². The monoisotopic (exact) mass is 568 g/mol. The van der Waals surface area contributed by atoms with Crippen LogP contribution in [-0.2, 0) is 6.42 Å². The number of para-hydroxylation sites is 1. The molecule has 4 nitrogen and oxygen atoms in total. The maximum Gasteiger partial charge on any atom is 0.573 e. The Labute approximate surface area is 242 Å². The van der Waals surface area contributed by atoms with E-state index in [0.717, 1.165) is 29.5 Å². The molecule has 1 amide bonds. The molecule has 0 aliphatic rings. The van der Waals surface area contributed by atoms with E-state index < -0.39 is 12.4 Å². The molecule has 0 fully saturated rings. The lowest BCUT2D eigenvalue weighted by atomic mass is 9.96. The lowest BCUT2D eigenvalue weighted by Crippen LogP contribution is -2.24. The standard InChI is InChI=1S/C34H43F3N2O2/c1-2-3-4-5-6-7-8-9-10-13-24-39-33(40)29-22-20-28(21-23-29)27-18-16-26(17-19-27)25-31(38)30-14-11-12-15-32(30)41-34(35,36)37/h11-12,14-23,31H,2-10,13,24-25,38H2,1H3,(H,39,40). The van der Waals surface area contributed by atoms with Crippen LogP contribution in [0.2, 0.25) is 0 Å². The topological polar surface area (TPSA) is 64.4 Å². The Morgan fingerprint density at radius 1 is 0.780 bits per heavy atom. The van der Waals surface area contributed by atoms with Crippen molar-refractivity contribution in [3.63, 3.8) is 0 Å². The molecule has 0 saturated heterocycles. The molecule has 0 aromatic heterocycles. The molecule has 222 valence electrons. The zero-order valence-electron chi connectivity index (χ0n) is 24.0. The fourth-order valence-corrected chi connectivity index (χ4v) is 4.93. The van der Waals surface area contributed by atoms with Crippen LogP contribution in [-0.4, -0.2) is 18.8 Å². The Balaban J connectivity index is 1.42. The average molecular weight is 569 g/mol. The molecule has 0 aliphatic heterocycles. The molecule has 3 aromatic rings. The SMILES string of the molecule is CCCCCCCCCCCCNC(=O)c1ccc(-c2ccc(CC(N)c3ccccc3OC(F)(F)F)cc2)cc1. The fourth-order valence-electron chi connectivity index (χ4n) is 4.93. The number of benzene rings is 3. The first-order valence-corrected chi connectivity index (χ1v) is 14.8. The number of rotatable bonds is 17. The number of ether oxygens (including phenoxy) is 1. The van der Waals surface area contributed by atoms with Gasteiger partial charge in [0.05, 0.1) is 0 Å². The third-order valence-corrected chi connectivity index (χ3v) is 7.25. The summed E-state index contributed by atoms with van der Waals surface area (Å²) in [6.07, 6.45) is 8.22. The van der Waals surface area contributed by atoms with Crippen LogP contribution in [0.25, 0.3) is 11.1 Å². The molecular formula is C34H43F3N2O2. The van der Waals surface area contributed by atoms with Crippen molar-refractivity contribution in [1.29, 1.82) is 0 Å². The van der Waals surface area contributed by atoms with Crippen LogP contribution < -0.4 is 15.8 Å². The highest BCUT2D eigenvalue weighted by Gasteiger charge is 2.32. The van der Waals surface area contributed by atoms with Crippen molar-refractivity contribution < 1.29 is 22.7 Å². The van der Waals surface area contributed by atoms with Crippen molar-refractivity contribution in [3.8, 4) is 16.9 Å². The van der Waals surface area contributed by atoms with Gasteiger partial charge in [-0.2, -0.15) is 0 Å². The van der Waals surface area contributed by atoms with E-state index in [-0.39, 0.29) is 11.7 Å². The van der Waals surface area contributed by atoms with E-state index in [1.165, 1.54) is 63.5 Å². The zero-order valence-corrected chi connectivity index (χ0v) is 24.0. The van der Waals surface area contributed by atoms with E-state index in [2.05, 4.69) is 17.0 Å². The number of carbonyl (C=O) groups is 1. The summed E-state index contributed by atoms with van der Waals surface area (Å²) in [4.78, 5) is 12.5. The highest BCUT2D eigenvalue weighted by molar-refractivity contribution is 5.94. The Hall–Kier alpha value is -3.32. The normalized spacial score (nSPS) is 12.2. The molecule has 1 unspecified atom stereocenters. The fraction of sp³-hybridized carbons (Fsp3) is 0.441. The van der Waals surface area contributed by atoms with Crippen molar-refractivity contribution in [2.75, 3.05) is 6.54 Å². The molecule has 0 saturated carbocycles. The van der Waals surface area contributed by atoms with Crippen molar-refractivity contribution >= 4 is 5.91 Å². The number of alkyl halides is 3. The molecule has 0 spiro atoms. The number of hydrogen-bond acceptors (Lipinski definition) is 3. The summed E-state index contributed by atoms with van der Waals surface area (Å²) in [7, 11) is 0. The molecule has 0 bridgehead atoms. The smallest absolute Gasteiger partial charge is 0.405 e. The van der Waals surface area contributed by atoms with E-state index in [0.29, 0.717) is 24.1 Å². The maximum atomic E-state index is 12.8. The molecule has 1 atom stereocenters. The van der Waals surface area contributed by atoms with E-state index in [1.807, 2.05) is 48.5 Å². The quantitative estimate of drug-likeness (QED) is 0.160. The number of amides is 1. The number of halogens is 3. The molecule has 3 rings (SSSR count). The van der Waals surface area contributed by atoms with Gasteiger partial charge in [-0.15, -0.1) is 13.2 Å². The third kappa shape index (κ3) is 11.6. The van der Waals surface area contributed by atoms with Gasteiger partial charge in [-0.1, -0.05) is 119 Å². The van der Waals surface area contributed by atoms with Gasteiger partial charge in [0.2, 0.25) is 0 Å². The Morgan fingerprint density at radius 3 is 1.90 bits per heavy atom. The molecule has 0 radical (unpaired) electrons. The molecular weight excluding hydrogens is 525 g/mol. The third-order valence-electron chi connectivity index (χ3n) is 7.25. The van der Waals surface area contributed by atoms with Crippen molar-refractivity contribution in [1.82, 2.24) is 5.32 Å². The summed E-state index contributed by atoms with van der Waals surface area (Å²) in [6, 6.07) is 20.5. The van der Waals surface area contributed by atoms with Gasteiger partial charge >= 0.3 is 6.36 Å². The van der Waals surface area contributed by atoms with Crippen molar-refractivity contribution in [2.45, 2.75) is 90.0 Å². The first-order chi connectivity index (χ1) is 19.8. The molecule has 0 heterocycles. The average Bonchev–Trinajstić information content (AvgIpc) is 2.95. The van der Waals surface area contributed by atoms with Crippen LogP contribution in [0.3, 0.4) is 0 Å². The minimum Gasteiger partial charge on any atom is -0.405 e. The van der Waals surface area contributed by atoms with Crippen LogP contribution in [0.15, 0.2) is 72.8 Å². The molecule has 7 heteroatoms. The predicted molar refractivity (Wildman–Crippen MR) is 160 cm³/mol. The van der Waals surface area contributed by atoms with Gasteiger partial charge < -0.3 is 15.8 Å². The van der Waals surface area contributed by atoms with Crippen LogP contribution in [0.5, 0.6) is 5.75 Å². The highest BCUT2D eigenvalue weighted by atomic mass is 19.4. The van der Waals surface area contributed by atoms with Crippen LogP contribution >= 0.6 is 0 Å². The second-order valence-corrected chi connectivity index (χ2v) is 10.6. The minimum absolute atomic E-state index is 0.0633. The maximum absolute atomic E-state index is 12.8. The Morgan fingerprint density at radius 2 is 1.32 bits per heavy atom. The van der Waals surface area contributed by atoms with Gasteiger partial charge in [0, 0.05) is 23.7 Å². The zero-order chi connectivity index (χ0) is 29.5. The van der Waals surface area contributed by atoms with Gasteiger partial charge in [0.25, 0.3) is 5.91 Å². The molecule has 0 aliphatic carbocycles. The predicted octanol–water partition coefficient (Wildman–Crippen LogP) is 9.15. The highest BCUT2D eigenvalue weighted by Crippen LogP contribution is 2.31. The minimum atomic E-state index is -4.78. The lowest BCUT2D eigenvalue weighted by Gasteiger charge is -2.18. The van der Waals surface area contributed by atoms with Gasteiger partial charge in [0.1, 0.15) is 5.75 Å². The summed E-state index contributed by atoms with van der Waals surface area (Å²) < 4.78 is 42.4. The Kier molecular flexibility index (Phi) is 13.2. The number of hydrogen-bond donors (Lipinski definition) is 2. The number of carbonyl (C=O) groups excluding carboxylic acids is 1. The Bertz CT molecular complexity index is 1180. The van der Waals surface area contributed by atoms with Crippen LogP contribution in [0, 0.1) is 0 Å². The number of nitrogens with two attached hydrogens (primary N) is 1. The van der Waals surface area contributed by atoms with E-state index in [4.69, 9.17) is 5.73 Å². The van der Waals surface area contributed by atoms with Crippen molar-refractivity contribution in [3.05, 3.63) is 89.5 Å². The summed E-state index contributed by atoms with van der Waals surface area (Å²) in [5.74, 6) is -0.344. The largest absolute Gasteiger partial charge is 0.573 e. The van der Waals surface area contributed by atoms with Crippen molar-refractivity contribution in [2.24, 2.45) is 5.73 Å². The number of unbranched alkanes of at least 4 members (excludes halogenated alkanes) is 9. The summed E-state index contributed by atoms with van der Waals surface area (Å²) in [5, 5.41) is 3.02. The van der Waals surface area contributed by atoms with E-state index in [9.17, 15) is 18.0 Å². The second kappa shape index (κ2) is 16.8. The summed E-state index contributed by atoms with van der Waals surface area (Å²) >= 11 is 0. The van der Waals surface area contributed by atoms with Gasteiger partial charge in [0.15, 0.2) is 0 Å². The first-order valence-electron chi connectivity index (χ1n) is 14.8. The van der Waals surface area contributed by atoms with Gasteiger partial charge in [-0.25, -0.2) is 0 Å². The number of nitrogens with one attached hydrogen (secondary N) is 1. The molecule has 3 N–H and O–H groups in total. The summed E-state index contributed by atoms with van der Waals surface area (Å²) in [5.41, 5.74) is 10.0. The molecule has 3 aromatic carbocycles. The lowest BCUT2D eigenvalue weighted by molar-refractivity contribution is -0.275. The summed E-state index contributed by atoms with van der Waals surface area (Å²) in [6.45, 7) is 2.93. The van der Waals surface area contributed by atoms with Crippen LogP contribution in [0.1, 0.15) is 98.7 Å². The van der Waals surface area contributed by atoms with E-state index >= 15 is 0 Å².